The minimum Gasteiger partial charge on any atom is -0.491 e. The number of allylic oxidation sites excluding steroid dienone is 1. The molecule has 0 saturated carbocycles. The summed E-state index contributed by atoms with van der Waals surface area (Å²) in [6, 6.07) is 12.3. The average molecular weight is 350 g/mol. The molecule has 0 spiro atoms. The smallest absolute Gasteiger partial charge is 0.122 e. The van der Waals surface area contributed by atoms with Crippen molar-refractivity contribution in [2.45, 2.75) is 33.2 Å². The predicted molar refractivity (Wildman–Crippen MR) is 106 cm³/mol. The molecule has 0 atom stereocenters. The normalized spacial score (nSPS) is 11.0. The van der Waals surface area contributed by atoms with Crippen molar-refractivity contribution in [3.8, 4) is 5.75 Å². The highest BCUT2D eigenvalue weighted by Gasteiger charge is 2.12. The Labute approximate surface area is 154 Å². The lowest BCUT2D eigenvalue weighted by molar-refractivity contribution is 0.282. The summed E-state index contributed by atoms with van der Waals surface area (Å²) in [7, 11) is 0. The number of aliphatic hydroxyl groups excluding tert-OH is 1. The molecule has 26 heavy (non-hydrogen) atoms. The molecule has 136 valence electrons. The summed E-state index contributed by atoms with van der Waals surface area (Å²) >= 11 is 0. The van der Waals surface area contributed by atoms with Crippen LogP contribution < -0.4 is 4.74 Å². The van der Waals surface area contributed by atoms with Gasteiger partial charge in [-0.2, -0.15) is 0 Å². The molecule has 1 heterocycles. The molecule has 0 fully saturated rings. The Morgan fingerprint density at radius 3 is 2.73 bits per heavy atom. The van der Waals surface area contributed by atoms with Crippen LogP contribution in [0.5, 0.6) is 5.75 Å². The van der Waals surface area contributed by atoms with Crippen LogP contribution in [0.15, 0.2) is 49.1 Å². The van der Waals surface area contributed by atoms with Gasteiger partial charge >= 0.3 is 0 Å². The third kappa shape index (κ3) is 3.81. The highest BCUT2D eigenvalue weighted by Crippen LogP contribution is 2.22. The topological polar surface area (TPSA) is 47.3 Å². The molecule has 0 radical (unpaired) electrons. The van der Waals surface area contributed by atoms with Crippen LogP contribution in [-0.2, 0) is 19.4 Å². The quantitative estimate of drug-likeness (QED) is 0.625. The van der Waals surface area contributed by atoms with E-state index in [2.05, 4.69) is 43.2 Å². The Morgan fingerprint density at radius 2 is 1.96 bits per heavy atom. The molecule has 4 heteroatoms. The minimum atomic E-state index is 0.0876. The second kappa shape index (κ2) is 8.19. The van der Waals surface area contributed by atoms with Crippen molar-refractivity contribution in [1.29, 1.82) is 0 Å². The van der Waals surface area contributed by atoms with Gasteiger partial charge in [0.1, 0.15) is 18.2 Å². The first-order valence-corrected chi connectivity index (χ1v) is 9.03. The number of ether oxygens (including phenoxy) is 1. The lowest BCUT2D eigenvalue weighted by atomic mass is 10.1. The largest absolute Gasteiger partial charge is 0.491 e. The van der Waals surface area contributed by atoms with E-state index in [0.717, 1.165) is 34.6 Å². The van der Waals surface area contributed by atoms with Crippen LogP contribution in [0.2, 0.25) is 0 Å². The fraction of sp³-hybridized carbons (Fsp3) is 0.318. The number of hydrogen-bond acceptors (Lipinski definition) is 3. The highest BCUT2D eigenvalue weighted by molar-refractivity contribution is 5.78. The second-order valence-corrected chi connectivity index (χ2v) is 6.53. The van der Waals surface area contributed by atoms with Crippen molar-refractivity contribution in [2.24, 2.45) is 0 Å². The Bertz CT molecular complexity index is 912. The number of benzene rings is 2. The average Bonchev–Trinajstić information content (AvgIpc) is 2.94. The van der Waals surface area contributed by atoms with Crippen LogP contribution in [0, 0.1) is 13.8 Å². The van der Waals surface area contributed by atoms with Crippen molar-refractivity contribution >= 4 is 11.0 Å². The molecular weight excluding hydrogens is 324 g/mol. The number of nitrogens with zero attached hydrogens (tertiary/aromatic N) is 2. The van der Waals surface area contributed by atoms with Crippen molar-refractivity contribution < 1.29 is 9.84 Å². The Morgan fingerprint density at radius 1 is 1.19 bits per heavy atom. The first kappa shape index (κ1) is 18.2. The Kier molecular flexibility index (Phi) is 5.74. The summed E-state index contributed by atoms with van der Waals surface area (Å²) in [5.74, 6) is 1.79. The Balaban J connectivity index is 1.83. The molecule has 0 amide bonds. The summed E-state index contributed by atoms with van der Waals surface area (Å²) in [4.78, 5) is 4.71. The lowest BCUT2D eigenvalue weighted by Gasteiger charge is -2.13. The summed E-state index contributed by atoms with van der Waals surface area (Å²) in [6.07, 6.45) is 3.22. The summed E-state index contributed by atoms with van der Waals surface area (Å²) in [6.45, 7) is 9.34. The fourth-order valence-corrected chi connectivity index (χ4v) is 3.19. The third-order valence-corrected chi connectivity index (χ3v) is 4.69. The molecule has 1 N–H and O–H groups in total. The van der Waals surface area contributed by atoms with Gasteiger partial charge in [0.05, 0.1) is 24.2 Å². The molecule has 3 aromatic rings. The van der Waals surface area contributed by atoms with Crippen molar-refractivity contribution in [3.63, 3.8) is 0 Å². The van der Waals surface area contributed by atoms with Crippen LogP contribution in [-0.4, -0.2) is 27.9 Å². The van der Waals surface area contributed by atoms with Crippen LogP contribution in [0.3, 0.4) is 0 Å². The maximum Gasteiger partial charge on any atom is 0.122 e. The van der Waals surface area contributed by atoms with Crippen LogP contribution in [0.1, 0.15) is 22.5 Å². The van der Waals surface area contributed by atoms with Gasteiger partial charge in [0, 0.05) is 6.42 Å². The zero-order valence-corrected chi connectivity index (χ0v) is 15.5. The third-order valence-electron chi connectivity index (χ3n) is 4.69. The van der Waals surface area contributed by atoms with Crippen molar-refractivity contribution in [1.82, 2.24) is 9.55 Å². The molecule has 0 saturated heterocycles. The standard InChI is InChI=1S/C22H26N2O2/c1-4-7-18-8-5-6-9-21(18)26-13-11-24-20-15-17(3)16(2)14-19(20)23-22(24)10-12-25/h4-6,8-9,14-15,25H,1,7,10-13H2,2-3H3. The lowest BCUT2D eigenvalue weighted by Crippen LogP contribution is -2.12. The molecular formula is C22H26N2O2. The number of aliphatic hydroxyl groups is 1. The molecule has 2 aromatic carbocycles. The number of aryl methyl sites for hydroxylation is 2. The predicted octanol–water partition coefficient (Wildman–Crippen LogP) is 4.00. The van der Waals surface area contributed by atoms with Crippen LogP contribution in [0.4, 0.5) is 0 Å². The fourth-order valence-electron chi connectivity index (χ4n) is 3.19. The molecule has 1 aromatic heterocycles. The maximum atomic E-state index is 9.38. The SMILES string of the molecule is C=CCc1ccccc1OCCn1c(CCO)nc2cc(C)c(C)cc21. The molecule has 0 aliphatic carbocycles. The molecule has 3 rings (SSSR count). The van der Waals surface area contributed by atoms with E-state index in [1.165, 1.54) is 11.1 Å². The van der Waals surface area contributed by atoms with E-state index in [1.807, 2.05) is 24.3 Å². The Hall–Kier alpha value is -2.59. The van der Waals surface area contributed by atoms with E-state index in [1.54, 1.807) is 0 Å². The number of hydrogen-bond donors (Lipinski definition) is 1. The van der Waals surface area contributed by atoms with Gasteiger partial charge in [0.2, 0.25) is 0 Å². The summed E-state index contributed by atoms with van der Waals surface area (Å²) in [5, 5.41) is 9.38. The highest BCUT2D eigenvalue weighted by atomic mass is 16.5. The molecule has 4 nitrogen and oxygen atoms in total. The molecule has 0 aliphatic rings. The second-order valence-electron chi connectivity index (χ2n) is 6.53. The molecule has 0 bridgehead atoms. The van der Waals surface area contributed by atoms with E-state index < -0.39 is 0 Å². The number of imidazole rings is 1. The van der Waals surface area contributed by atoms with E-state index in [4.69, 9.17) is 9.72 Å². The van der Waals surface area contributed by atoms with Gasteiger partial charge in [-0.1, -0.05) is 24.3 Å². The molecule has 0 aliphatic heterocycles. The number of para-hydroxylation sites is 1. The molecule has 0 unspecified atom stereocenters. The first-order valence-electron chi connectivity index (χ1n) is 9.03. The van der Waals surface area contributed by atoms with Crippen molar-refractivity contribution in [3.05, 3.63) is 71.6 Å². The zero-order valence-electron chi connectivity index (χ0n) is 15.5. The maximum absolute atomic E-state index is 9.38. The van der Waals surface area contributed by atoms with Crippen LogP contribution in [0.25, 0.3) is 11.0 Å². The zero-order chi connectivity index (χ0) is 18.5. The van der Waals surface area contributed by atoms with Gasteiger partial charge in [-0.15, -0.1) is 6.58 Å². The summed E-state index contributed by atoms with van der Waals surface area (Å²) in [5.41, 5.74) is 5.68. The number of aromatic nitrogens is 2. The number of rotatable bonds is 8. The van der Waals surface area contributed by atoms with Gasteiger partial charge in [-0.3, -0.25) is 0 Å². The van der Waals surface area contributed by atoms with E-state index >= 15 is 0 Å². The van der Waals surface area contributed by atoms with E-state index in [-0.39, 0.29) is 6.61 Å². The van der Waals surface area contributed by atoms with Crippen LogP contribution >= 0.6 is 0 Å². The minimum absolute atomic E-state index is 0.0876. The van der Waals surface area contributed by atoms with E-state index in [0.29, 0.717) is 19.6 Å². The number of fused-ring (bicyclic) bond motifs is 1. The van der Waals surface area contributed by atoms with Gasteiger partial charge in [0.25, 0.3) is 0 Å². The van der Waals surface area contributed by atoms with E-state index in [9.17, 15) is 5.11 Å². The van der Waals surface area contributed by atoms with Gasteiger partial charge in [0.15, 0.2) is 0 Å². The van der Waals surface area contributed by atoms with Crippen molar-refractivity contribution in [2.75, 3.05) is 13.2 Å². The first-order chi connectivity index (χ1) is 12.6. The monoisotopic (exact) mass is 350 g/mol. The van der Waals surface area contributed by atoms with Gasteiger partial charge < -0.3 is 14.4 Å². The van der Waals surface area contributed by atoms with Gasteiger partial charge in [-0.05, 0) is 55.2 Å². The van der Waals surface area contributed by atoms with Gasteiger partial charge in [-0.25, -0.2) is 4.98 Å². The summed E-state index contributed by atoms with van der Waals surface area (Å²) < 4.78 is 8.20.